The number of aromatic nitrogens is 2. The van der Waals surface area contributed by atoms with Gasteiger partial charge in [0.15, 0.2) is 0 Å². The van der Waals surface area contributed by atoms with E-state index in [2.05, 4.69) is 144 Å². The van der Waals surface area contributed by atoms with Crippen molar-refractivity contribution in [3.8, 4) is 22.5 Å². The van der Waals surface area contributed by atoms with Crippen LogP contribution in [-0.4, -0.2) is 9.13 Å². The molecule has 0 N–H and O–H groups in total. The van der Waals surface area contributed by atoms with Gasteiger partial charge in [-0.25, -0.2) is 0 Å². The molecule has 1 aliphatic carbocycles. The zero-order valence-electron chi connectivity index (χ0n) is 20.9. The van der Waals surface area contributed by atoms with Crippen LogP contribution in [0.2, 0.25) is 0 Å². The van der Waals surface area contributed by atoms with Crippen LogP contribution in [-0.2, 0) is 5.41 Å². The first kappa shape index (κ1) is 20.6. The van der Waals surface area contributed by atoms with Gasteiger partial charge in [-0.2, -0.15) is 0 Å². The van der Waals surface area contributed by atoms with Crippen molar-refractivity contribution >= 4 is 32.8 Å². The molecule has 0 amide bonds. The molecular weight excluding hydrogens is 448 g/mol. The minimum atomic E-state index is -0.0455. The molecule has 2 aromatic heterocycles. The maximum Gasteiger partial charge on any atom is 0.131 e. The lowest BCUT2D eigenvalue weighted by Crippen LogP contribution is -2.15. The summed E-state index contributed by atoms with van der Waals surface area (Å²) in [5.41, 5.74) is 11.5. The molecule has 0 fully saturated rings. The maximum atomic E-state index is 2.47. The number of rotatable bonds is 2. The summed E-state index contributed by atoms with van der Waals surface area (Å²) in [6.45, 7) is 4.71. The average Bonchev–Trinajstić information content (AvgIpc) is 3.53. The molecule has 7 aromatic rings. The van der Waals surface area contributed by atoms with E-state index in [4.69, 9.17) is 0 Å². The van der Waals surface area contributed by atoms with Gasteiger partial charge in [0.1, 0.15) is 5.65 Å². The smallest absolute Gasteiger partial charge is 0.131 e. The van der Waals surface area contributed by atoms with Gasteiger partial charge in [0.05, 0.1) is 11.0 Å². The molecule has 37 heavy (non-hydrogen) atoms. The highest BCUT2D eigenvalue weighted by Crippen LogP contribution is 2.49. The quantitative estimate of drug-likeness (QED) is 0.236. The second kappa shape index (κ2) is 7.24. The average molecular weight is 475 g/mol. The molecule has 0 radical (unpaired) electrons. The first-order chi connectivity index (χ1) is 18.1. The molecule has 0 saturated carbocycles. The van der Waals surface area contributed by atoms with Crippen LogP contribution < -0.4 is 0 Å². The number of hydrogen-bond acceptors (Lipinski definition) is 0. The highest BCUT2D eigenvalue weighted by Gasteiger charge is 2.35. The number of benzene rings is 5. The van der Waals surface area contributed by atoms with E-state index in [1.165, 1.54) is 66.5 Å². The van der Waals surface area contributed by atoms with Gasteiger partial charge in [-0.05, 0) is 58.7 Å². The fraction of sp³-hybridized carbons (Fsp3) is 0.0857. The van der Waals surface area contributed by atoms with Crippen molar-refractivity contribution < 1.29 is 0 Å². The summed E-state index contributed by atoms with van der Waals surface area (Å²) < 4.78 is 4.90. The van der Waals surface area contributed by atoms with Crippen molar-refractivity contribution in [3.05, 3.63) is 132 Å². The highest BCUT2D eigenvalue weighted by atomic mass is 15.1. The van der Waals surface area contributed by atoms with Crippen LogP contribution in [0.25, 0.3) is 55.3 Å². The highest BCUT2D eigenvalue weighted by molar-refractivity contribution is 6.22. The molecule has 0 aliphatic heterocycles. The summed E-state index contributed by atoms with van der Waals surface area (Å²) in [5.74, 6) is 0. The third kappa shape index (κ3) is 2.65. The topological polar surface area (TPSA) is 9.86 Å². The van der Waals surface area contributed by atoms with Crippen LogP contribution in [0.1, 0.15) is 25.0 Å². The summed E-state index contributed by atoms with van der Waals surface area (Å²) in [6, 6.07) is 44.3. The zero-order valence-corrected chi connectivity index (χ0v) is 20.9. The van der Waals surface area contributed by atoms with Gasteiger partial charge in [-0.3, -0.25) is 9.13 Å². The maximum absolute atomic E-state index is 2.47. The lowest BCUT2D eigenvalue weighted by Gasteiger charge is -2.22. The molecular formula is C35H26N2. The Morgan fingerprint density at radius 3 is 1.78 bits per heavy atom. The number of nitrogens with zero attached hydrogens (tertiary/aromatic N) is 2. The molecule has 2 heterocycles. The van der Waals surface area contributed by atoms with E-state index >= 15 is 0 Å². The van der Waals surface area contributed by atoms with E-state index in [0.29, 0.717) is 0 Å². The summed E-state index contributed by atoms with van der Waals surface area (Å²) in [6.07, 6.45) is 0. The lowest BCUT2D eigenvalue weighted by molar-refractivity contribution is 0.660. The molecule has 5 aromatic carbocycles. The largest absolute Gasteiger partial charge is 0.295 e. The number of fused-ring (bicyclic) bond motifs is 8. The van der Waals surface area contributed by atoms with Crippen molar-refractivity contribution in [3.63, 3.8) is 0 Å². The Morgan fingerprint density at radius 2 is 1.05 bits per heavy atom. The molecule has 2 heteroatoms. The first-order valence-electron chi connectivity index (χ1n) is 13.0. The summed E-state index contributed by atoms with van der Waals surface area (Å²) in [5, 5.41) is 3.87. The minimum absolute atomic E-state index is 0.0455. The van der Waals surface area contributed by atoms with E-state index in [1.54, 1.807) is 0 Å². The van der Waals surface area contributed by atoms with Gasteiger partial charge in [0.2, 0.25) is 0 Å². The SMILES string of the molecule is CC1(C)c2ccccc2-c2ccc(-n3c4ccccc4c4c5ccccc5n(-c5ccccc5)c43)cc21. The van der Waals surface area contributed by atoms with Crippen molar-refractivity contribution in [2.45, 2.75) is 19.3 Å². The van der Waals surface area contributed by atoms with Gasteiger partial charge in [-0.1, -0.05) is 98.8 Å². The molecule has 0 atom stereocenters. The van der Waals surface area contributed by atoms with E-state index in [1.807, 2.05) is 0 Å². The van der Waals surface area contributed by atoms with Gasteiger partial charge in [0.25, 0.3) is 0 Å². The molecule has 2 nitrogen and oxygen atoms in total. The molecule has 0 bridgehead atoms. The van der Waals surface area contributed by atoms with Crippen molar-refractivity contribution in [1.82, 2.24) is 9.13 Å². The molecule has 1 aliphatic rings. The van der Waals surface area contributed by atoms with Crippen molar-refractivity contribution in [1.29, 1.82) is 0 Å². The second-order valence-corrected chi connectivity index (χ2v) is 10.6. The molecule has 176 valence electrons. The Kier molecular flexibility index (Phi) is 4.03. The predicted molar refractivity (Wildman–Crippen MR) is 155 cm³/mol. The standard InChI is InChI=1S/C35H26N2/c1-35(2)29-17-9-6-14-25(29)26-21-20-24(22-30(26)35)37-32-19-11-8-16-28(32)33-27-15-7-10-18-31(27)36(34(33)37)23-12-4-3-5-13-23/h3-22H,1-2H3. The van der Waals surface area contributed by atoms with Crippen LogP contribution in [0, 0.1) is 0 Å². The summed E-state index contributed by atoms with van der Waals surface area (Å²) in [7, 11) is 0. The van der Waals surface area contributed by atoms with Gasteiger partial charge >= 0.3 is 0 Å². The van der Waals surface area contributed by atoms with E-state index in [9.17, 15) is 0 Å². The Morgan fingerprint density at radius 1 is 0.486 bits per heavy atom. The Labute approximate surface area is 216 Å². The van der Waals surface area contributed by atoms with Crippen LogP contribution in [0.15, 0.2) is 121 Å². The van der Waals surface area contributed by atoms with Crippen molar-refractivity contribution in [2.24, 2.45) is 0 Å². The van der Waals surface area contributed by atoms with Gasteiger partial charge in [0, 0.05) is 32.9 Å². The number of para-hydroxylation sites is 3. The van der Waals surface area contributed by atoms with Crippen LogP contribution in [0.3, 0.4) is 0 Å². The molecule has 0 spiro atoms. The summed E-state index contributed by atoms with van der Waals surface area (Å²) >= 11 is 0. The fourth-order valence-electron chi connectivity index (χ4n) is 6.63. The van der Waals surface area contributed by atoms with Crippen LogP contribution in [0.4, 0.5) is 0 Å². The van der Waals surface area contributed by atoms with E-state index in [0.717, 1.165) is 0 Å². The van der Waals surface area contributed by atoms with Crippen molar-refractivity contribution in [2.75, 3.05) is 0 Å². The first-order valence-corrected chi connectivity index (χ1v) is 13.0. The van der Waals surface area contributed by atoms with E-state index < -0.39 is 0 Å². The summed E-state index contributed by atoms with van der Waals surface area (Å²) in [4.78, 5) is 0. The van der Waals surface area contributed by atoms with Crippen LogP contribution in [0.5, 0.6) is 0 Å². The van der Waals surface area contributed by atoms with Crippen LogP contribution >= 0.6 is 0 Å². The molecule has 8 rings (SSSR count). The monoisotopic (exact) mass is 474 g/mol. The Balaban J connectivity index is 1.52. The van der Waals surface area contributed by atoms with Gasteiger partial charge < -0.3 is 0 Å². The second-order valence-electron chi connectivity index (χ2n) is 10.6. The molecule has 0 unspecified atom stereocenters. The number of hydrogen-bond donors (Lipinski definition) is 0. The zero-order chi connectivity index (χ0) is 24.7. The normalized spacial score (nSPS) is 13.9. The van der Waals surface area contributed by atoms with E-state index in [-0.39, 0.29) is 5.41 Å². The third-order valence-corrected chi connectivity index (χ3v) is 8.32. The fourth-order valence-corrected chi connectivity index (χ4v) is 6.63. The third-order valence-electron chi connectivity index (χ3n) is 8.32. The minimum Gasteiger partial charge on any atom is -0.295 e. The Bertz CT molecular complexity index is 2000. The lowest BCUT2D eigenvalue weighted by atomic mass is 9.82. The predicted octanol–water partition coefficient (Wildman–Crippen LogP) is 9.03. The Hall–Kier alpha value is -4.56. The molecule has 0 saturated heterocycles. The van der Waals surface area contributed by atoms with Gasteiger partial charge in [-0.15, -0.1) is 0 Å².